The van der Waals surface area contributed by atoms with Gasteiger partial charge in [-0.2, -0.15) is 0 Å². The predicted octanol–water partition coefficient (Wildman–Crippen LogP) is 2.21. The fourth-order valence-electron chi connectivity index (χ4n) is 2.59. The summed E-state index contributed by atoms with van der Waals surface area (Å²) in [5, 5.41) is 3.60. The molecule has 2 rings (SSSR count). The molecule has 0 bridgehead atoms. The summed E-state index contributed by atoms with van der Waals surface area (Å²) < 4.78 is 0. The van der Waals surface area contributed by atoms with Crippen molar-refractivity contribution in [1.82, 2.24) is 15.3 Å². The molecule has 1 aromatic heterocycles. The molecule has 1 heterocycles. The van der Waals surface area contributed by atoms with E-state index >= 15 is 0 Å². The van der Waals surface area contributed by atoms with Gasteiger partial charge >= 0.3 is 0 Å². The van der Waals surface area contributed by atoms with Crippen molar-refractivity contribution in [1.29, 1.82) is 0 Å². The van der Waals surface area contributed by atoms with E-state index in [0.717, 1.165) is 24.1 Å². The quantitative estimate of drug-likeness (QED) is 0.867. The summed E-state index contributed by atoms with van der Waals surface area (Å²) in [6.45, 7) is 3.13. The van der Waals surface area contributed by atoms with E-state index in [0.29, 0.717) is 6.04 Å². The van der Waals surface area contributed by atoms with Crippen LogP contribution in [0.4, 0.5) is 5.95 Å². The first-order valence-electron chi connectivity index (χ1n) is 6.89. The molecule has 0 radical (unpaired) electrons. The second-order valence-corrected chi connectivity index (χ2v) is 5.46. The van der Waals surface area contributed by atoms with Crippen LogP contribution in [0.25, 0.3) is 0 Å². The standard InChI is InChI=1S/C14H24N4/c1-11(12-6-4-5-7-12)16-10-13-8-9-15-14(17-13)18(2)3/h8-9,11-12,16H,4-7,10H2,1-3H3/t11-/m0/s1. The zero-order chi connectivity index (χ0) is 13.0. The van der Waals surface area contributed by atoms with Crippen molar-refractivity contribution < 1.29 is 0 Å². The van der Waals surface area contributed by atoms with Crippen molar-refractivity contribution in [3.63, 3.8) is 0 Å². The van der Waals surface area contributed by atoms with Crippen LogP contribution in [0.5, 0.6) is 0 Å². The summed E-state index contributed by atoms with van der Waals surface area (Å²) in [5.41, 5.74) is 1.07. The van der Waals surface area contributed by atoms with Crippen LogP contribution in [0, 0.1) is 5.92 Å². The molecule has 1 aliphatic rings. The molecule has 1 saturated carbocycles. The van der Waals surface area contributed by atoms with Gasteiger partial charge in [-0.05, 0) is 31.7 Å². The largest absolute Gasteiger partial charge is 0.347 e. The van der Waals surface area contributed by atoms with Crippen molar-refractivity contribution in [2.45, 2.75) is 45.2 Å². The Morgan fingerprint density at radius 1 is 1.39 bits per heavy atom. The first-order chi connectivity index (χ1) is 8.66. The van der Waals surface area contributed by atoms with Gasteiger partial charge in [0.15, 0.2) is 0 Å². The highest BCUT2D eigenvalue weighted by atomic mass is 15.2. The van der Waals surface area contributed by atoms with Crippen LogP contribution in [-0.4, -0.2) is 30.1 Å². The monoisotopic (exact) mass is 248 g/mol. The van der Waals surface area contributed by atoms with Gasteiger partial charge in [-0.25, -0.2) is 9.97 Å². The minimum absolute atomic E-state index is 0.588. The van der Waals surface area contributed by atoms with Crippen LogP contribution >= 0.6 is 0 Å². The Bertz CT molecular complexity index is 372. The van der Waals surface area contributed by atoms with Crippen molar-refractivity contribution >= 4 is 5.95 Å². The summed E-state index contributed by atoms with van der Waals surface area (Å²) in [6.07, 6.45) is 7.38. The van der Waals surface area contributed by atoms with Gasteiger partial charge in [-0.3, -0.25) is 0 Å². The third kappa shape index (κ3) is 3.42. The Morgan fingerprint density at radius 2 is 2.11 bits per heavy atom. The van der Waals surface area contributed by atoms with Crippen LogP contribution in [0.15, 0.2) is 12.3 Å². The van der Waals surface area contributed by atoms with Gasteiger partial charge in [-0.15, -0.1) is 0 Å². The van der Waals surface area contributed by atoms with Crippen LogP contribution in [0.3, 0.4) is 0 Å². The zero-order valence-electron chi connectivity index (χ0n) is 11.7. The van der Waals surface area contributed by atoms with Gasteiger partial charge in [0.25, 0.3) is 0 Å². The van der Waals surface area contributed by atoms with Gasteiger partial charge in [0, 0.05) is 32.9 Å². The topological polar surface area (TPSA) is 41.1 Å². The Labute approximate surface area is 110 Å². The minimum atomic E-state index is 0.588. The molecule has 1 N–H and O–H groups in total. The van der Waals surface area contributed by atoms with Gasteiger partial charge in [0.2, 0.25) is 5.95 Å². The van der Waals surface area contributed by atoms with E-state index in [9.17, 15) is 0 Å². The molecule has 4 nitrogen and oxygen atoms in total. The lowest BCUT2D eigenvalue weighted by atomic mass is 10.00. The maximum absolute atomic E-state index is 4.52. The maximum atomic E-state index is 4.52. The Kier molecular flexibility index (Phi) is 4.53. The molecular weight excluding hydrogens is 224 g/mol. The van der Waals surface area contributed by atoms with Crippen LogP contribution in [-0.2, 0) is 6.54 Å². The SMILES string of the molecule is C[C@H](NCc1ccnc(N(C)C)n1)C1CCCC1. The molecule has 1 atom stereocenters. The van der Waals surface area contributed by atoms with E-state index in [1.165, 1.54) is 25.7 Å². The van der Waals surface area contributed by atoms with Crippen LogP contribution < -0.4 is 10.2 Å². The Hall–Kier alpha value is -1.16. The predicted molar refractivity (Wildman–Crippen MR) is 74.6 cm³/mol. The number of hydrogen-bond acceptors (Lipinski definition) is 4. The zero-order valence-corrected chi connectivity index (χ0v) is 11.7. The molecule has 1 fully saturated rings. The third-order valence-electron chi connectivity index (χ3n) is 3.81. The van der Waals surface area contributed by atoms with Crippen LogP contribution in [0.2, 0.25) is 0 Å². The average Bonchev–Trinajstić information content (AvgIpc) is 2.90. The lowest BCUT2D eigenvalue weighted by Crippen LogP contribution is -2.32. The highest BCUT2D eigenvalue weighted by molar-refractivity contribution is 5.26. The molecule has 100 valence electrons. The second kappa shape index (κ2) is 6.14. The van der Waals surface area contributed by atoms with E-state index in [-0.39, 0.29) is 0 Å². The summed E-state index contributed by atoms with van der Waals surface area (Å²) in [5.74, 6) is 1.63. The molecule has 0 amide bonds. The Balaban J connectivity index is 1.87. The molecule has 0 aliphatic heterocycles. The fraction of sp³-hybridized carbons (Fsp3) is 0.714. The van der Waals surface area contributed by atoms with Crippen LogP contribution in [0.1, 0.15) is 38.3 Å². The number of aromatic nitrogens is 2. The molecule has 0 spiro atoms. The number of hydrogen-bond donors (Lipinski definition) is 1. The molecule has 18 heavy (non-hydrogen) atoms. The van der Waals surface area contributed by atoms with E-state index < -0.39 is 0 Å². The van der Waals surface area contributed by atoms with E-state index in [2.05, 4.69) is 22.2 Å². The molecule has 0 unspecified atom stereocenters. The Morgan fingerprint density at radius 3 is 2.78 bits per heavy atom. The lowest BCUT2D eigenvalue weighted by molar-refractivity contribution is 0.379. The van der Waals surface area contributed by atoms with Gasteiger partial charge in [0.1, 0.15) is 0 Å². The summed E-state index contributed by atoms with van der Waals surface area (Å²) in [7, 11) is 3.93. The minimum Gasteiger partial charge on any atom is -0.347 e. The van der Waals surface area contributed by atoms with Crippen molar-refractivity contribution in [3.05, 3.63) is 18.0 Å². The van der Waals surface area contributed by atoms with Crippen molar-refractivity contribution in [2.24, 2.45) is 5.92 Å². The molecule has 0 aromatic carbocycles. The molecule has 0 saturated heterocycles. The van der Waals surface area contributed by atoms with Crippen molar-refractivity contribution in [3.8, 4) is 0 Å². The number of rotatable bonds is 5. The summed E-state index contributed by atoms with van der Waals surface area (Å²) >= 11 is 0. The number of anilines is 1. The first kappa shape index (κ1) is 13.3. The summed E-state index contributed by atoms with van der Waals surface area (Å²) in [4.78, 5) is 10.7. The maximum Gasteiger partial charge on any atom is 0.225 e. The average molecular weight is 248 g/mol. The first-order valence-corrected chi connectivity index (χ1v) is 6.89. The molecular formula is C14H24N4. The second-order valence-electron chi connectivity index (χ2n) is 5.46. The van der Waals surface area contributed by atoms with Gasteiger partial charge in [0.05, 0.1) is 5.69 Å². The molecule has 1 aliphatic carbocycles. The van der Waals surface area contributed by atoms with E-state index in [1.807, 2.05) is 31.3 Å². The summed E-state index contributed by atoms with van der Waals surface area (Å²) in [6, 6.07) is 2.58. The number of nitrogens with zero attached hydrogens (tertiary/aromatic N) is 3. The third-order valence-corrected chi connectivity index (χ3v) is 3.81. The smallest absolute Gasteiger partial charge is 0.225 e. The lowest BCUT2D eigenvalue weighted by Gasteiger charge is -2.20. The highest BCUT2D eigenvalue weighted by Crippen LogP contribution is 2.27. The normalized spacial score (nSPS) is 17.9. The van der Waals surface area contributed by atoms with E-state index in [1.54, 1.807) is 0 Å². The fourth-order valence-corrected chi connectivity index (χ4v) is 2.59. The number of nitrogens with one attached hydrogen (secondary N) is 1. The molecule has 4 heteroatoms. The highest BCUT2D eigenvalue weighted by Gasteiger charge is 2.20. The van der Waals surface area contributed by atoms with Crippen molar-refractivity contribution in [2.75, 3.05) is 19.0 Å². The van der Waals surface area contributed by atoms with Gasteiger partial charge < -0.3 is 10.2 Å². The van der Waals surface area contributed by atoms with Gasteiger partial charge in [-0.1, -0.05) is 12.8 Å². The molecule has 1 aromatic rings. The van der Waals surface area contributed by atoms with E-state index in [4.69, 9.17) is 0 Å².